The Kier molecular flexibility index (Phi) is 5.73. The van der Waals surface area contributed by atoms with Crippen molar-refractivity contribution >= 4 is 5.97 Å². The van der Waals surface area contributed by atoms with Gasteiger partial charge in [-0.1, -0.05) is 83.5 Å². The Morgan fingerprint density at radius 2 is 1.66 bits per heavy atom. The molecule has 2 aromatic rings. The molecule has 170 valence electrons. The van der Waals surface area contributed by atoms with Crippen molar-refractivity contribution in [2.45, 2.75) is 83.0 Å². The van der Waals surface area contributed by atoms with Gasteiger partial charge in [-0.25, -0.2) is 0 Å². The summed E-state index contributed by atoms with van der Waals surface area (Å²) in [5.41, 5.74) is 5.33. The Labute approximate surface area is 192 Å². The van der Waals surface area contributed by atoms with E-state index in [2.05, 4.69) is 65.0 Å². The predicted octanol–water partition coefficient (Wildman–Crippen LogP) is 5.82. The van der Waals surface area contributed by atoms with Crippen molar-refractivity contribution in [1.82, 2.24) is 0 Å². The second kappa shape index (κ2) is 8.10. The van der Waals surface area contributed by atoms with E-state index in [1.807, 2.05) is 6.07 Å². The number of carboxylic acid groups (broad SMARTS) is 1. The number of ether oxygens (including phenoxy) is 1. The summed E-state index contributed by atoms with van der Waals surface area (Å²) in [6, 6.07) is 12.2. The fraction of sp³-hybridized carbons (Fsp3) is 0.483. The maximum atomic E-state index is 11.4. The molecule has 0 spiro atoms. The number of allylic oxidation sites excluding steroid dienone is 2. The van der Waals surface area contributed by atoms with Crippen LogP contribution in [-0.2, 0) is 16.2 Å². The average molecular weight is 432 g/mol. The number of carboxylic acids is 1. The molecular formula is C29H35O3-. The summed E-state index contributed by atoms with van der Waals surface area (Å²) in [4.78, 5) is 11.4. The second-order valence-corrected chi connectivity index (χ2v) is 10.9. The van der Waals surface area contributed by atoms with Crippen molar-refractivity contribution in [3.8, 4) is 5.75 Å². The zero-order valence-electron chi connectivity index (χ0n) is 20.1. The summed E-state index contributed by atoms with van der Waals surface area (Å²) < 4.78 is 6.13. The van der Waals surface area contributed by atoms with E-state index >= 15 is 0 Å². The molecule has 1 unspecified atom stereocenters. The van der Waals surface area contributed by atoms with Crippen molar-refractivity contribution in [2.24, 2.45) is 0 Å². The van der Waals surface area contributed by atoms with E-state index in [1.54, 1.807) is 12.1 Å². The Morgan fingerprint density at radius 1 is 0.969 bits per heavy atom. The van der Waals surface area contributed by atoms with Crippen LogP contribution in [0, 0.1) is 0 Å². The van der Waals surface area contributed by atoms with Crippen LogP contribution in [0.3, 0.4) is 0 Å². The van der Waals surface area contributed by atoms with Crippen LogP contribution in [0.25, 0.3) is 0 Å². The number of carbonyl (C=O) groups excluding carboxylic acids is 1. The van der Waals surface area contributed by atoms with Crippen molar-refractivity contribution in [2.75, 3.05) is 6.61 Å². The Morgan fingerprint density at radius 3 is 2.34 bits per heavy atom. The molecule has 0 aromatic heterocycles. The molecule has 0 saturated heterocycles. The number of hydrogen-bond acceptors (Lipinski definition) is 3. The van der Waals surface area contributed by atoms with Gasteiger partial charge in [0.1, 0.15) is 12.4 Å². The molecule has 1 aliphatic heterocycles. The third-order valence-electron chi connectivity index (χ3n) is 7.70. The van der Waals surface area contributed by atoms with E-state index in [9.17, 15) is 9.90 Å². The summed E-state index contributed by atoms with van der Waals surface area (Å²) in [5, 5.41) is 11.4. The SMILES string of the molecule is CCC/C=C/CC1(c2ccc3c(c2)C(C)(C)CCC3(C)C)COc2cc(C(=O)[O-])ccc21. The predicted molar refractivity (Wildman–Crippen MR) is 127 cm³/mol. The lowest BCUT2D eigenvalue weighted by molar-refractivity contribution is -0.255. The highest BCUT2D eigenvalue weighted by molar-refractivity contribution is 5.86. The lowest BCUT2D eigenvalue weighted by atomic mass is 9.61. The first-order valence-corrected chi connectivity index (χ1v) is 11.9. The van der Waals surface area contributed by atoms with E-state index in [0.29, 0.717) is 12.4 Å². The van der Waals surface area contributed by atoms with Crippen LogP contribution >= 0.6 is 0 Å². The third-order valence-corrected chi connectivity index (χ3v) is 7.70. The maximum Gasteiger partial charge on any atom is 0.124 e. The molecule has 2 aromatic carbocycles. The van der Waals surface area contributed by atoms with Gasteiger partial charge in [0.25, 0.3) is 0 Å². The van der Waals surface area contributed by atoms with Crippen LogP contribution in [0.15, 0.2) is 48.6 Å². The number of rotatable bonds is 6. The minimum atomic E-state index is -1.17. The fourth-order valence-corrected chi connectivity index (χ4v) is 5.42. The molecule has 0 N–H and O–H groups in total. The quantitative estimate of drug-likeness (QED) is 0.541. The average Bonchev–Trinajstić information content (AvgIpc) is 3.13. The molecule has 4 rings (SSSR count). The number of aromatic carboxylic acids is 1. The van der Waals surface area contributed by atoms with Crippen LogP contribution < -0.4 is 9.84 Å². The van der Waals surface area contributed by atoms with Gasteiger partial charge in [0.2, 0.25) is 0 Å². The first kappa shape index (κ1) is 22.6. The maximum absolute atomic E-state index is 11.4. The van der Waals surface area contributed by atoms with Crippen LogP contribution in [0.2, 0.25) is 0 Å². The largest absolute Gasteiger partial charge is 0.545 e. The molecule has 0 fully saturated rings. The minimum absolute atomic E-state index is 0.126. The second-order valence-electron chi connectivity index (χ2n) is 10.9. The molecule has 3 heteroatoms. The fourth-order valence-electron chi connectivity index (χ4n) is 5.42. The monoisotopic (exact) mass is 431 g/mol. The molecule has 32 heavy (non-hydrogen) atoms. The van der Waals surface area contributed by atoms with E-state index in [4.69, 9.17) is 4.74 Å². The molecule has 2 aliphatic rings. The van der Waals surface area contributed by atoms with Crippen LogP contribution in [0.1, 0.15) is 99.3 Å². The topological polar surface area (TPSA) is 49.4 Å². The van der Waals surface area contributed by atoms with Gasteiger partial charge in [-0.15, -0.1) is 0 Å². The van der Waals surface area contributed by atoms with Gasteiger partial charge in [-0.2, -0.15) is 0 Å². The van der Waals surface area contributed by atoms with Crippen molar-refractivity contribution in [3.05, 3.63) is 76.4 Å². The summed E-state index contributed by atoms with van der Waals surface area (Å²) in [6.07, 6.45) is 9.88. The van der Waals surface area contributed by atoms with Gasteiger partial charge in [0.05, 0.1) is 11.4 Å². The molecule has 0 bridgehead atoms. The number of unbranched alkanes of at least 4 members (excludes halogenated alkanes) is 1. The minimum Gasteiger partial charge on any atom is -0.545 e. The molecule has 3 nitrogen and oxygen atoms in total. The highest BCUT2D eigenvalue weighted by atomic mass is 16.5. The number of fused-ring (bicyclic) bond motifs is 2. The lowest BCUT2D eigenvalue weighted by Crippen LogP contribution is -2.35. The van der Waals surface area contributed by atoms with Crippen molar-refractivity contribution in [3.63, 3.8) is 0 Å². The number of benzene rings is 2. The number of hydrogen-bond donors (Lipinski definition) is 0. The van der Waals surface area contributed by atoms with Crippen molar-refractivity contribution < 1.29 is 14.6 Å². The van der Waals surface area contributed by atoms with Gasteiger partial charge in [-0.05, 0) is 59.3 Å². The zero-order chi connectivity index (χ0) is 23.1. The molecule has 0 radical (unpaired) electrons. The van der Waals surface area contributed by atoms with Crippen LogP contribution in [0.4, 0.5) is 0 Å². The highest BCUT2D eigenvalue weighted by Crippen LogP contribution is 2.50. The van der Waals surface area contributed by atoms with Gasteiger partial charge in [0.15, 0.2) is 0 Å². The van der Waals surface area contributed by atoms with Gasteiger partial charge in [-0.3, -0.25) is 0 Å². The van der Waals surface area contributed by atoms with Crippen LogP contribution in [-0.4, -0.2) is 12.6 Å². The van der Waals surface area contributed by atoms with Crippen LogP contribution in [0.5, 0.6) is 5.75 Å². The van der Waals surface area contributed by atoms with Gasteiger partial charge in [0, 0.05) is 11.1 Å². The molecule has 0 saturated carbocycles. The Hall–Kier alpha value is -2.55. The standard InChI is InChI=1S/C29H36O3/c1-6-7-8-9-14-29(19-32-25-17-20(26(30)31)10-12-23(25)29)21-11-13-22-24(18-21)28(4,5)16-15-27(22,2)3/h8-13,17-18H,6-7,14-16,19H2,1-5H3,(H,30,31)/p-1/b9-8+. The molecule has 1 aliphatic carbocycles. The van der Waals surface area contributed by atoms with E-state index < -0.39 is 5.97 Å². The summed E-state index contributed by atoms with van der Waals surface area (Å²) >= 11 is 0. The summed E-state index contributed by atoms with van der Waals surface area (Å²) in [7, 11) is 0. The molecule has 1 heterocycles. The first-order valence-electron chi connectivity index (χ1n) is 11.9. The molecule has 1 atom stereocenters. The normalized spacial score (nSPS) is 22.9. The summed E-state index contributed by atoms with van der Waals surface area (Å²) in [5.74, 6) is -0.512. The van der Waals surface area contributed by atoms with Gasteiger partial charge >= 0.3 is 0 Å². The Bertz CT molecular complexity index is 1060. The first-order chi connectivity index (χ1) is 15.1. The molecule has 0 amide bonds. The third kappa shape index (κ3) is 3.76. The summed E-state index contributed by atoms with van der Waals surface area (Å²) in [6.45, 7) is 12.1. The zero-order valence-corrected chi connectivity index (χ0v) is 20.1. The smallest absolute Gasteiger partial charge is 0.124 e. The number of carbonyl (C=O) groups is 1. The molecular weight excluding hydrogens is 396 g/mol. The van der Waals surface area contributed by atoms with E-state index in [0.717, 1.165) is 24.8 Å². The lowest BCUT2D eigenvalue weighted by Gasteiger charge is -2.43. The Balaban J connectivity index is 1.86. The van der Waals surface area contributed by atoms with Crippen molar-refractivity contribution in [1.29, 1.82) is 0 Å². The van der Waals surface area contributed by atoms with E-state index in [-0.39, 0.29) is 21.8 Å². The highest BCUT2D eigenvalue weighted by Gasteiger charge is 2.44. The van der Waals surface area contributed by atoms with Gasteiger partial charge < -0.3 is 14.6 Å². The van der Waals surface area contributed by atoms with E-state index in [1.165, 1.54) is 29.5 Å².